The monoisotopic (exact) mass is 312 g/mol. The second kappa shape index (κ2) is 7.68. The molecule has 0 fully saturated rings. The van der Waals surface area contributed by atoms with E-state index < -0.39 is 0 Å². The van der Waals surface area contributed by atoms with E-state index in [0.29, 0.717) is 6.42 Å². The van der Waals surface area contributed by atoms with Gasteiger partial charge in [0.15, 0.2) is 0 Å². The molecule has 0 heterocycles. The van der Waals surface area contributed by atoms with E-state index in [4.69, 9.17) is 4.74 Å². The van der Waals surface area contributed by atoms with Crippen LogP contribution in [0.15, 0.2) is 48.5 Å². The molecular formula is C19H24N2O2. The minimum absolute atomic E-state index is 0.210. The molecule has 122 valence electrons. The summed E-state index contributed by atoms with van der Waals surface area (Å²) in [6, 6.07) is 15.8. The van der Waals surface area contributed by atoms with E-state index in [-0.39, 0.29) is 12.6 Å². The Labute approximate surface area is 138 Å². The Morgan fingerprint density at radius 2 is 1.43 bits per heavy atom. The van der Waals surface area contributed by atoms with Gasteiger partial charge in [-0.3, -0.25) is 4.79 Å². The van der Waals surface area contributed by atoms with Crippen LogP contribution in [0.25, 0.3) is 0 Å². The number of esters is 1. The van der Waals surface area contributed by atoms with Gasteiger partial charge < -0.3 is 14.5 Å². The summed E-state index contributed by atoms with van der Waals surface area (Å²) in [7, 11) is 8.00. The third-order valence-electron chi connectivity index (χ3n) is 3.59. The van der Waals surface area contributed by atoms with Crippen LogP contribution in [0, 0.1) is 0 Å². The number of carbonyl (C=O) groups excluding carboxylic acids is 1. The van der Waals surface area contributed by atoms with Crippen molar-refractivity contribution < 1.29 is 9.53 Å². The molecule has 0 aliphatic rings. The Kier molecular flexibility index (Phi) is 5.63. The smallest absolute Gasteiger partial charge is 0.310 e. The first-order chi connectivity index (χ1) is 11.0. The molecule has 0 spiro atoms. The highest BCUT2D eigenvalue weighted by Crippen LogP contribution is 2.23. The molecule has 2 rings (SSSR count). The largest absolute Gasteiger partial charge is 0.461 e. The van der Waals surface area contributed by atoms with Crippen molar-refractivity contribution in [3.05, 3.63) is 59.7 Å². The van der Waals surface area contributed by atoms with Crippen LogP contribution in [0.3, 0.4) is 0 Å². The number of hydrogen-bond donors (Lipinski definition) is 0. The molecule has 0 atom stereocenters. The second-order valence-electron chi connectivity index (χ2n) is 5.97. The van der Waals surface area contributed by atoms with Crippen molar-refractivity contribution in [1.29, 1.82) is 0 Å². The minimum Gasteiger partial charge on any atom is -0.461 e. The molecule has 0 aliphatic carbocycles. The Morgan fingerprint density at radius 3 is 1.96 bits per heavy atom. The van der Waals surface area contributed by atoms with Gasteiger partial charge in [-0.25, -0.2) is 0 Å². The topological polar surface area (TPSA) is 32.8 Å². The van der Waals surface area contributed by atoms with Gasteiger partial charge in [-0.05, 0) is 29.3 Å². The fourth-order valence-electron chi connectivity index (χ4n) is 2.23. The molecule has 0 radical (unpaired) electrons. The lowest BCUT2D eigenvalue weighted by Crippen LogP contribution is -2.14. The first-order valence-electron chi connectivity index (χ1n) is 7.64. The first kappa shape index (κ1) is 16.9. The van der Waals surface area contributed by atoms with Crippen molar-refractivity contribution in [2.75, 3.05) is 38.0 Å². The number of hydrogen-bond acceptors (Lipinski definition) is 4. The van der Waals surface area contributed by atoms with Crippen molar-refractivity contribution in [2.45, 2.75) is 13.0 Å². The van der Waals surface area contributed by atoms with Crippen molar-refractivity contribution in [1.82, 2.24) is 0 Å². The summed E-state index contributed by atoms with van der Waals surface area (Å²) in [5, 5.41) is 0. The fraction of sp³-hybridized carbons (Fsp3) is 0.316. The average Bonchev–Trinajstić information content (AvgIpc) is 2.53. The van der Waals surface area contributed by atoms with Crippen LogP contribution in [0.4, 0.5) is 11.4 Å². The number of ether oxygens (including phenoxy) is 1. The number of rotatable bonds is 6. The van der Waals surface area contributed by atoms with Gasteiger partial charge in [-0.15, -0.1) is 0 Å². The SMILES string of the molecule is CN(C)c1cc(COC(=O)Cc2ccccc2)cc(N(C)C)c1. The van der Waals surface area contributed by atoms with Crippen LogP contribution in [0.2, 0.25) is 0 Å². The van der Waals surface area contributed by atoms with Crippen LogP contribution in [0.5, 0.6) is 0 Å². The zero-order valence-corrected chi connectivity index (χ0v) is 14.2. The van der Waals surface area contributed by atoms with Gasteiger partial charge in [0.05, 0.1) is 6.42 Å². The van der Waals surface area contributed by atoms with E-state index in [1.165, 1.54) is 0 Å². The lowest BCUT2D eigenvalue weighted by molar-refractivity contribution is -0.144. The predicted octanol–water partition coefficient (Wildman–Crippen LogP) is 3.10. The van der Waals surface area contributed by atoms with Crippen molar-refractivity contribution in [3.8, 4) is 0 Å². The molecule has 0 amide bonds. The van der Waals surface area contributed by atoms with Crippen LogP contribution >= 0.6 is 0 Å². The van der Waals surface area contributed by atoms with Crippen LogP contribution in [-0.4, -0.2) is 34.2 Å². The summed E-state index contributed by atoms with van der Waals surface area (Å²) in [4.78, 5) is 16.1. The molecule has 23 heavy (non-hydrogen) atoms. The second-order valence-corrected chi connectivity index (χ2v) is 5.97. The maximum absolute atomic E-state index is 12.0. The van der Waals surface area contributed by atoms with Crippen molar-refractivity contribution in [3.63, 3.8) is 0 Å². The quantitative estimate of drug-likeness (QED) is 0.767. The molecule has 0 aliphatic heterocycles. The zero-order chi connectivity index (χ0) is 16.8. The Morgan fingerprint density at radius 1 is 0.870 bits per heavy atom. The molecule has 2 aromatic carbocycles. The highest BCUT2D eigenvalue weighted by atomic mass is 16.5. The third kappa shape index (κ3) is 5.02. The van der Waals surface area contributed by atoms with E-state index in [9.17, 15) is 4.79 Å². The van der Waals surface area contributed by atoms with Crippen molar-refractivity contribution in [2.24, 2.45) is 0 Å². The average molecular weight is 312 g/mol. The van der Waals surface area contributed by atoms with Crippen LogP contribution < -0.4 is 9.80 Å². The molecule has 4 heteroatoms. The number of carbonyl (C=O) groups is 1. The summed E-state index contributed by atoms with van der Waals surface area (Å²) in [5.41, 5.74) is 4.13. The molecule has 0 saturated heterocycles. The Hall–Kier alpha value is -2.49. The summed E-state index contributed by atoms with van der Waals surface area (Å²) < 4.78 is 5.43. The van der Waals surface area contributed by atoms with E-state index in [1.54, 1.807) is 0 Å². The molecule has 4 nitrogen and oxygen atoms in total. The van der Waals surface area contributed by atoms with Gasteiger partial charge in [0, 0.05) is 39.6 Å². The van der Waals surface area contributed by atoms with Gasteiger partial charge in [0.25, 0.3) is 0 Å². The normalized spacial score (nSPS) is 10.3. The summed E-state index contributed by atoms with van der Waals surface area (Å²) in [6.07, 6.45) is 0.300. The predicted molar refractivity (Wildman–Crippen MR) is 95.0 cm³/mol. The summed E-state index contributed by atoms with van der Waals surface area (Å²) in [5.74, 6) is -0.210. The molecule has 0 bridgehead atoms. The van der Waals surface area contributed by atoms with Gasteiger partial charge in [-0.1, -0.05) is 30.3 Å². The highest BCUT2D eigenvalue weighted by Gasteiger charge is 2.08. The lowest BCUT2D eigenvalue weighted by Gasteiger charge is -2.20. The summed E-state index contributed by atoms with van der Waals surface area (Å²) in [6.45, 7) is 0.286. The molecule has 0 N–H and O–H groups in total. The number of benzene rings is 2. The van der Waals surface area contributed by atoms with Crippen LogP contribution in [0.1, 0.15) is 11.1 Å². The zero-order valence-electron chi connectivity index (χ0n) is 14.2. The van der Waals surface area contributed by atoms with Gasteiger partial charge in [0.2, 0.25) is 0 Å². The van der Waals surface area contributed by atoms with Crippen LogP contribution in [-0.2, 0) is 22.6 Å². The molecule has 2 aromatic rings. The minimum atomic E-state index is -0.210. The molecule has 0 aromatic heterocycles. The van der Waals surface area contributed by atoms with E-state index in [0.717, 1.165) is 22.5 Å². The first-order valence-corrected chi connectivity index (χ1v) is 7.64. The Balaban J connectivity index is 2.03. The number of anilines is 2. The van der Waals surface area contributed by atoms with Gasteiger partial charge in [0.1, 0.15) is 6.61 Å². The Bertz CT molecular complexity index is 625. The lowest BCUT2D eigenvalue weighted by atomic mass is 10.1. The van der Waals surface area contributed by atoms with E-state index in [2.05, 4.69) is 6.07 Å². The standard InChI is InChI=1S/C19H24N2O2/c1-20(2)17-10-16(11-18(13-17)21(3)4)14-23-19(22)12-15-8-6-5-7-9-15/h5-11,13H,12,14H2,1-4H3. The van der Waals surface area contributed by atoms with Crippen molar-refractivity contribution >= 4 is 17.3 Å². The third-order valence-corrected chi connectivity index (χ3v) is 3.59. The van der Waals surface area contributed by atoms with Gasteiger partial charge >= 0.3 is 5.97 Å². The molecule has 0 unspecified atom stereocenters. The summed E-state index contributed by atoms with van der Waals surface area (Å²) >= 11 is 0. The maximum Gasteiger partial charge on any atom is 0.310 e. The molecule has 0 saturated carbocycles. The highest BCUT2D eigenvalue weighted by molar-refractivity contribution is 5.72. The van der Waals surface area contributed by atoms with Gasteiger partial charge in [-0.2, -0.15) is 0 Å². The number of nitrogens with zero attached hydrogens (tertiary/aromatic N) is 2. The van der Waals surface area contributed by atoms with E-state index >= 15 is 0 Å². The molecular weight excluding hydrogens is 288 g/mol. The maximum atomic E-state index is 12.0. The fourth-order valence-corrected chi connectivity index (χ4v) is 2.23. The van der Waals surface area contributed by atoms with E-state index in [1.807, 2.05) is 80.5 Å².